The van der Waals surface area contributed by atoms with E-state index < -0.39 is 23.3 Å². The van der Waals surface area contributed by atoms with Gasteiger partial charge in [-0.3, -0.25) is 19.1 Å². The quantitative estimate of drug-likeness (QED) is 0.295. The van der Waals surface area contributed by atoms with Crippen LogP contribution in [0.2, 0.25) is 0 Å². The Kier molecular flexibility index (Phi) is 5.81. The van der Waals surface area contributed by atoms with Crippen molar-refractivity contribution in [1.29, 1.82) is 0 Å². The molecular formula is C16H18N8O4S3. The minimum absolute atomic E-state index is 0.000779. The minimum Gasteiger partial charge on any atom is -0.477 e. The summed E-state index contributed by atoms with van der Waals surface area (Å²) in [6.07, 6.45) is -0.000779. The molecule has 2 aromatic heterocycles. The molecule has 2 aliphatic heterocycles. The van der Waals surface area contributed by atoms with Gasteiger partial charge in [-0.05, 0) is 5.57 Å². The number of fused-ring (bicyclic) bond motifs is 1. The Balaban J connectivity index is 1.44. The van der Waals surface area contributed by atoms with Gasteiger partial charge in [0.25, 0.3) is 5.91 Å². The van der Waals surface area contributed by atoms with E-state index in [9.17, 15) is 19.5 Å². The molecule has 0 aromatic carbocycles. The highest BCUT2D eigenvalue weighted by Crippen LogP contribution is 2.41. The smallest absolute Gasteiger partial charge is 0.352 e. The van der Waals surface area contributed by atoms with Gasteiger partial charge in [-0.2, -0.15) is 0 Å². The van der Waals surface area contributed by atoms with Crippen LogP contribution >= 0.6 is 34.9 Å². The van der Waals surface area contributed by atoms with Gasteiger partial charge in [0.1, 0.15) is 17.1 Å². The second-order valence-electron chi connectivity index (χ2n) is 6.75. The number of anilines is 2. The molecule has 2 atom stereocenters. The van der Waals surface area contributed by atoms with E-state index in [0.717, 1.165) is 0 Å². The second-order valence-corrected chi connectivity index (χ2v) is 9.69. The molecule has 6 N–H and O–H groups in total. The van der Waals surface area contributed by atoms with Gasteiger partial charge in [0.05, 0.1) is 12.1 Å². The molecule has 15 heteroatoms. The van der Waals surface area contributed by atoms with Gasteiger partial charge in [-0.15, -0.1) is 33.3 Å². The molecule has 2 amide bonds. The number of carbonyl (C=O) groups is 3. The molecule has 1 saturated heterocycles. The topological polar surface area (TPSA) is 182 Å². The number of rotatable bonds is 7. The van der Waals surface area contributed by atoms with Crippen LogP contribution in [0.4, 0.5) is 11.1 Å². The Morgan fingerprint density at radius 2 is 2.16 bits per heavy atom. The second kappa shape index (κ2) is 8.39. The lowest BCUT2D eigenvalue weighted by Gasteiger charge is -2.49. The molecule has 31 heavy (non-hydrogen) atoms. The summed E-state index contributed by atoms with van der Waals surface area (Å²) in [6.45, 7) is 0. The summed E-state index contributed by atoms with van der Waals surface area (Å²) in [6, 6.07) is -0.782. The summed E-state index contributed by atoms with van der Waals surface area (Å²) >= 11 is 3.93. The molecule has 4 heterocycles. The number of hydrogen-bond acceptors (Lipinski definition) is 11. The fourth-order valence-corrected chi connectivity index (χ4v) is 6.16. The highest BCUT2D eigenvalue weighted by molar-refractivity contribution is 8.01. The average molecular weight is 483 g/mol. The number of nitrogens with zero attached hydrogens (tertiary/aromatic N) is 5. The first-order valence-electron chi connectivity index (χ1n) is 8.93. The van der Waals surface area contributed by atoms with Crippen LogP contribution in [-0.4, -0.2) is 70.5 Å². The van der Waals surface area contributed by atoms with Gasteiger partial charge < -0.3 is 21.9 Å². The maximum Gasteiger partial charge on any atom is 0.352 e. The number of hydrogen-bond donors (Lipinski definition) is 4. The zero-order chi connectivity index (χ0) is 22.3. The zero-order valence-corrected chi connectivity index (χ0v) is 18.6. The first-order valence-corrected chi connectivity index (χ1v) is 11.8. The zero-order valence-electron chi connectivity index (χ0n) is 16.1. The predicted molar refractivity (Wildman–Crippen MR) is 116 cm³/mol. The van der Waals surface area contributed by atoms with Crippen molar-refractivity contribution in [2.24, 2.45) is 7.05 Å². The molecule has 0 saturated carbocycles. The number of thiazole rings is 1. The van der Waals surface area contributed by atoms with Gasteiger partial charge >= 0.3 is 5.97 Å². The highest BCUT2D eigenvalue weighted by Gasteiger charge is 2.54. The van der Waals surface area contributed by atoms with Crippen molar-refractivity contribution in [3.8, 4) is 0 Å². The average Bonchev–Trinajstić information content (AvgIpc) is 3.28. The molecule has 4 rings (SSSR count). The standard InChI is InChI=1S/C16H18N8O4S3/c1-23-14(17)21-22-16(23)31-4-6-3-29-12-9(11(26)24(12)10(6)13(27)28)20-8(25)2-7-5-30-15(18)19-7/h5,9,12H,2-4H2,1H3,(H2,17,21)(H2,18,19)(H,20,25)(H,27,28)/t9?,12-/m1/s1. The Labute approximate surface area is 188 Å². The minimum atomic E-state index is -1.19. The highest BCUT2D eigenvalue weighted by atomic mass is 32.2. The van der Waals surface area contributed by atoms with E-state index in [1.807, 2.05) is 0 Å². The van der Waals surface area contributed by atoms with E-state index in [4.69, 9.17) is 11.5 Å². The molecule has 164 valence electrons. The molecule has 2 aromatic rings. The van der Waals surface area contributed by atoms with E-state index in [-0.39, 0.29) is 24.0 Å². The summed E-state index contributed by atoms with van der Waals surface area (Å²) in [5.74, 6) is -1.03. The molecular weight excluding hydrogens is 464 g/mol. The van der Waals surface area contributed by atoms with Crippen LogP contribution in [0.1, 0.15) is 5.69 Å². The van der Waals surface area contributed by atoms with E-state index in [0.29, 0.717) is 33.1 Å². The molecule has 12 nitrogen and oxygen atoms in total. The van der Waals surface area contributed by atoms with Crippen molar-refractivity contribution in [3.05, 3.63) is 22.3 Å². The molecule has 1 fully saturated rings. The number of carboxylic acid groups (broad SMARTS) is 1. The summed E-state index contributed by atoms with van der Waals surface area (Å²) in [5, 5.41) is 22.3. The molecule has 0 spiro atoms. The van der Waals surface area contributed by atoms with Crippen molar-refractivity contribution < 1.29 is 19.5 Å². The van der Waals surface area contributed by atoms with Crippen molar-refractivity contribution in [3.63, 3.8) is 0 Å². The number of carbonyl (C=O) groups excluding carboxylic acids is 2. The van der Waals surface area contributed by atoms with Crippen LogP contribution in [0, 0.1) is 0 Å². The number of aromatic nitrogens is 4. The van der Waals surface area contributed by atoms with Gasteiger partial charge in [-0.25, -0.2) is 9.78 Å². The number of carboxylic acids is 1. The van der Waals surface area contributed by atoms with Crippen molar-refractivity contribution in [2.75, 3.05) is 23.0 Å². The first-order chi connectivity index (χ1) is 14.8. The maximum absolute atomic E-state index is 12.7. The number of nitrogens with one attached hydrogen (secondary N) is 1. The number of β-lactam (4-membered cyclic amide) rings is 1. The monoisotopic (exact) mass is 482 g/mol. The largest absolute Gasteiger partial charge is 0.477 e. The van der Waals surface area contributed by atoms with Crippen LogP contribution in [-0.2, 0) is 27.9 Å². The normalized spacial score (nSPS) is 20.4. The summed E-state index contributed by atoms with van der Waals surface area (Å²) in [4.78, 5) is 42.2. The predicted octanol–water partition coefficient (Wildman–Crippen LogP) is -0.491. The molecule has 0 bridgehead atoms. The molecule has 2 aliphatic rings. The van der Waals surface area contributed by atoms with Crippen LogP contribution < -0.4 is 16.8 Å². The lowest BCUT2D eigenvalue weighted by molar-refractivity contribution is -0.150. The fourth-order valence-electron chi connectivity index (χ4n) is 3.19. The number of nitrogens with two attached hydrogens (primary N) is 2. The van der Waals surface area contributed by atoms with Gasteiger partial charge in [0.15, 0.2) is 10.3 Å². The van der Waals surface area contributed by atoms with Crippen LogP contribution in [0.25, 0.3) is 0 Å². The Morgan fingerprint density at radius 3 is 2.77 bits per heavy atom. The molecule has 1 unspecified atom stereocenters. The Hall–Kier alpha value is -2.78. The summed E-state index contributed by atoms with van der Waals surface area (Å²) in [7, 11) is 1.71. The Morgan fingerprint density at radius 1 is 1.39 bits per heavy atom. The van der Waals surface area contributed by atoms with Gasteiger partial charge in [0.2, 0.25) is 11.9 Å². The fraction of sp³-hybridized carbons (Fsp3) is 0.375. The van der Waals surface area contributed by atoms with E-state index in [2.05, 4.69) is 20.5 Å². The lowest BCUT2D eigenvalue weighted by atomic mass is 10.0. The first kappa shape index (κ1) is 21.5. The molecule has 0 aliphatic carbocycles. The van der Waals surface area contributed by atoms with Crippen molar-refractivity contribution in [1.82, 2.24) is 30.0 Å². The summed E-state index contributed by atoms with van der Waals surface area (Å²) < 4.78 is 1.60. The third-order valence-corrected chi connectivity index (χ3v) is 7.89. The van der Waals surface area contributed by atoms with E-state index >= 15 is 0 Å². The lowest BCUT2D eigenvalue weighted by Crippen LogP contribution is -2.70. The number of amides is 2. The third-order valence-electron chi connectivity index (χ3n) is 4.72. The van der Waals surface area contributed by atoms with Crippen LogP contribution in [0.15, 0.2) is 21.8 Å². The van der Waals surface area contributed by atoms with Crippen LogP contribution in [0.5, 0.6) is 0 Å². The third kappa shape index (κ3) is 4.07. The Bertz CT molecular complexity index is 1100. The van der Waals surface area contributed by atoms with Crippen LogP contribution in [0.3, 0.4) is 0 Å². The van der Waals surface area contributed by atoms with E-state index in [1.165, 1.54) is 39.8 Å². The van der Waals surface area contributed by atoms with Crippen molar-refractivity contribution in [2.45, 2.75) is 23.0 Å². The van der Waals surface area contributed by atoms with Crippen molar-refractivity contribution >= 4 is 63.7 Å². The number of aliphatic carboxylic acids is 1. The molecule has 0 radical (unpaired) electrons. The van der Waals surface area contributed by atoms with Gasteiger partial charge in [0, 0.05) is 23.9 Å². The van der Waals surface area contributed by atoms with Gasteiger partial charge in [-0.1, -0.05) is 11.8 Å². The number of nitrogen functional groups attached to an aromatic ring is 2. The summed E-state index contributed by atoms with van der Waals surface area (Å²) in [5.41, 5.74) is 12.3. The SMILES string of the molecule is Cn1c(N)nnc1SCC1=C(C(=O)O)N2C(=O)C(NC(=O)Cc3csc(N)n3)[C@H]2SC1. The number of thioether (sulfide) groups is 2. The maximum atomic E-state index is 12.7. The van der Waals surface area contributed by atoms with E-state index in [1.54, 1.807) is 17.0 Å².